The predicted molar refractivity (Wildman–Crippen MR) is 36.5 cm³/mol. The fraction of sp³-hybridized carbons (Fsp3) is 0.750. The summed E-state index contributed by atoms with van der Waals surface area (Å²) < 4.78 is 4.44. The second kappa shape index (κ2) is 1.65. The van der Waals surface area contributed by atoms with E-state index in [-0.39, 0.29) is 29.2 Å². The van der Waals surface area contributed by atoms with Crippen molar-refractivity contribution in [2.75, 3.05) is 0 Å². The maximum Gasteiger partial charge on any atom is 0.318 e. The molecular weight excluding hydrogens is 144 g/mol. The van der Waals surface area contributed by atoms with Crippen molar-refractivity contribution in [3.8, 4) is 0 Å². The minimum absolute atomic E-state index is 0.0770. The lowest BCUT2D eigenvalue weighted by Crippen LogP contribution is -2.16. The van der Waals surface area contributed by atoms with Gasteiger partial charge in [-0.25, -0.2) is 0 Å². The summed E-state index contributed by atoms with van der Waals surface area (Å²) in [6.45, 7) is 3.97. The fourth-order valence-electron chi connectivity index (χ4n) is 2.04. The van der Waals surface area contributed by atoms with Gasteiger partial charge in [0.15, 0.2) is 0 Å². The fourth-order valence-corrected chi connectivity index (χ4v) is 2.04. The molecule has 2 aliphatic rings. The maximum absolute atomic E-state index is 11.0. The Hall–Kier alpha value is -0.860. The van der Waals surface area contributed by atoms with Crippen molar-refractivity contribution in [3.63, 3.8) is 0 Å². The Morgan fingerprint density at radius 3 is 2.09 bits per heavy atom. The van der Waals surface area contributed by atoms with Gasteiger partial charge in [-0.3, -0.25) is 9.59 Å². The molecule has 0 aromatic rings. The van der Waals surface area contributed by atoms with Crippen LogP contribution in [0, 0.1) is 17.3 Å². The lowest BCUT2D eigenvalue weighted by atomic mass is 10.0. The number of fused-ring (bicyclic) bond motifs is 1. The van der Waals surface area contributed by atoms with Gasteiger partial charge >= 0.3 is 11.9 Å². The first-order valence-corrected chi connectivity index (χ1v) is 3.87. The summed E-state index contributed by atoms with van der Waals surface area (Å²) in [4.78, 5) is 21.9. The average Bonchev–Trinajstić information content (AvgIpc) is 2.45. The van der Waals surface area contributed by atoms with Gasteiger partial charge in [0.1, 0.15) is 0 Å². The van der Waals surface area contributed by atoms with Crippen molar-refractivity contribution in [1.82, 2.24) is 0 Å². The zero-order valence-corrected chi connectivity index (χ0v) is 6.59. The molecule has 0 N–H and O–H groups in total. The molecule has 1 aliphatic heterocycles. The average molecular weight is 154 g/mol. The second-order valence-electron chi connectivity index (χ2n) is 3.55. The van der Waals surface area contributed by atoms with E-state index in [0.29, 0.717) is 0 Å². The van der Waals surface area contributed by atoms with Crippen LogP contribution in [0.15, 0.2) is 0 Å². The normalized spacial score (nSPS) is 47.1. The number of carbonyl (C=O) groups excluding carboxylic acids is 2. The lowest BCUT2D eigenvalue weighted by Gasteiger charge is -2.09. The Bertz CT molecular complexity index is 224. The molecule has 60 valence electrons. The van der Waals surface area contributed by atoms with Crippen molar-refractivity contribution in [2.24, 2.45) is 17.3 Å². The van der Waals surface area contributed by atoms with E-state index in [2.05, 4.69) is 4.74 Å². The predicted octanol–water partition coefficient (Wildman–Crippen LogP) is 0.732. The number of hydrogen-bond donors (Lipinski definition) is 0. The summed E-state index contributed by atoms with van der Waals surface area (Å²) in [7, 11) is 0. The summed E-state index contributed by atoms with van der Waals surface area (Å²) >= 11 is 0. The molecule has 0 spiro atoms. The van der Waals surface area contributed by atoms with Gasteiger partial charge in [0, 0.05) is 0 Å². The molecule has 1 saturated carbocycles. The number of esters is 2. The van der Waals surface area contributed by atoms with Crippen LogP contribution in [0.25, 0.3) is 0 Å². The molecule has 0 aromatic carbocycles. The van der Waals surface area contributed by atoms with Gasteiger partial charge in [-0.1, -0.05) is 13.8 Å². The van der Waals surface area contributed by atoms with Gasteiger partial charge in [0.25, 0.3) is 0 Å². The molecule has 3 nitrogen and oxygen atoms in total. The minimum Gasteiger partial charge on any atom is -0.393 e. The van der Waals surface area contributed by atoms with E-state index in [9.17, 15) is 9.59 Å². The molecule has 2 unspecified atom stereocenters. The highest BCUT2D eigenvalue weighted by Gasteiger charge is 2.73. The topological polar surface area (TPSA) is 43.4 Å². The van der Waals surface area contributed by atoms with Crippen LogP contribution in [0.1, 0.15) is 20.3 Å². The van der Waals surface area contributed by atoms with Crippen LogP contribution in [0.2, 0.25) is 0 Å². The molecule has 1 aliphatic carbocycles. The quantitative estimate of drug-likeness (QED) is 0.413. The van der Waals surface area contributed by atoms with Gasteiger partial charge in [0.2, 0.25) is 0 Å². The molecule has 2 fully saturated rings. The first kappa shape index (κ1) is 6.83. The Morgan fingerprint density at radius 1 is 1.36 bits per heavy atom. The number of cyclic esters (lactones) is 2. The zero-order chi connectivity index (χ0) is 8.22. The largest absolute Gasteiger partial charge is 0.393 e. The molecule has 0 bridgehead atoms. The van der Waals surface area contributed by atoms with E-state index in [1.165, 1.54) is 0 Å². The van der Waals surface area contributed by atoms with Gasteiger partial charge in [0.05, 0.1) is 11.8 Å². The Morgan fingerprint density at radius 2 is 1.82 bits per heavy atom. The number of carbonyl (C=O) groups is 2. The highest BCUT2D eigenvalue weighted by molar-refractivity contribution is 6.02. The summed E-state index contributed by atoms with van der Waals surface area (Å²) in [5.74, 6) is -0.881. The smallest absolute Gasteiger partial charge is 0.318 e. The molecule has 1 heterocycles. The van der Waals surface area contributed by atoms with E-state index in [1.54, 1.807) is 0 Å². The van der Waals surface area contributed by atoms with E-state index in [4.69, 9.17) is 0 Å². The monoisotopic (exact) mass is 154 g/mol. The van der Waals surface area contributed by atoms with E-state index >= 15 is 0 Å². The van der Waals surface area contributed by atoms with Gasteiger partial charge in [-0.2, -0.15) is 0 Å². The van der Waals surface area contributed by atoms with Crippen LogP contribution in [0.3, 0.4) is 0 Å². The first-order chi connectivity index (χ1) is 5.11. The Kier molecular flexibility index (Phi) is 1.03. The van der Waals surface area contributed by atoms with Gasteiger partial charge in [-0.15, -0.1) is 0 Å². The van der Waals surface area contributed by atoms with Crippen LogP contribution in [-0.4, -0.2) is 11.9 Å². The Balaban J connectivity index is 2.28. The highest BCUT2D eigenvalue weighted by atomic mass is 16.6. The third kappa shape index (κ3) is 0.588. The SMILES string of the molecule is CCC1(C)C2C(=O)OC(=O)C21. The minimum atomic E-state index is -0.315. The molecule has 2 atom stereocenters. The summed E-state index contributed by atoms with van der Waals surface area (Å²) in [5.41, 5.74) is -0.0770. The van der Waals surface area contributed by atoms with E-state index in [1.807, 2.05) is 13.8 Å². The molecule has 0 aromatic heterocycles. The number of hydrogen-bond acceptors (Lipinski definition) is 3. The van der Waals surface area contributed by atoms with Crippen molar-refractivity contribution < 1.29 is 14.3 Å². The second-order valence-corrected chi connectivity index (χ2v) is 3.55. The number of rotatable bonds is 1. The maximum atomic E-state index is 11.0. The highest BCUT2D eigenvalue weighted by Crippen LogP contribution is 2.64. The lowest BCUT2D eigenvalue weighted by molar-refractivity contribution is -0.157. The molecule has 2 rings (SSSR count). The van der Waals surface area contributed by atoms with Crippen LogP contribution >= 0.6 is 0 Å². The Labute approximate surface area is 64.7 Å². The summed E-state index contributed by atoms with van der Waals surface area (Å²) in [5, 5.41) is 0. The summed E-state index contributed by atoms with van der Waals surface area (Å²) in [6, 6.07) is 0. The van der Waals surface area contributed by atoms with Gasteiger partial charge in [-0.05, 0) is 11.8 Å². The van der Waals surface area contributed by atoms with Crippen LogP contribution < -0.4 is 0 Å². The number of ether oxygens (including phenoxy) is 1. The molecule has 1 saturated heterocycles. The van der Waals surface area contributed by atoms with Gasteiger partial charge < -0.3 is 4.74 Å². The standard InChI is InChI=1S/C8H10O3/c1-3-8(2)4-5(8)7(10)11-6(4)9/h4-5H,3H2,1-2H3. The molecule has 11 heavy (non-hydrogen) atoms. The summed E-state index contributed by atoms with van der Waals surface area (Å²) in [6.07, 6.45) is 0.878. The zero-order valence-electron chi connectivity index (χ0n) is 6.59. The van der Waals surface area contributed by atoms with Crippen molar-refractivity contribution in [2.45, 2.75) is 20.3 Å². The molecule has 0 radical (unpaired) electrons. The molecule has 0 amide bonds. The van der Waals surface area contributed by atoms with Crippen LogP contribution in [0.4, 0.5) is 0 Å². The first-order valence-electron chi connectivity index (χ1n) is 3.87. The van der Waals surface area contributed by atoms with Crippen molar-refractivity contribution in [1.29, 1.82) is 0 Å². The van der Waals surface area contributed by atoms with E-state index in [0.717, 1.165) is 6.42 Å². The molecule has 3 heteroatoms. The van der Waals surface area contributed by atoms with E-state index < -0.39 is 0 Å². The van der Waals surface area contributed by atoms with Crippen molar-refractivity contribution in [3.05, 3.63) is 0 Å². The third-order valence-corrected chi connectivity index (χ3v) is 3.12. The van der Waals surface area contributed by atoms with Crippen LogP contribution in [0.5, 0.6) is 0 Å². The molecular formula is C8H10O3. The third-order valence-electron chi connectivity index (χ3n) is 3.12. The van der Waals surface area contributed by atoms with Crippen LogP contribution in [-0.2, 0) is 14.3 Å². The van der Waals surface area contributed by atoms with Crippen molar-refractivity contribution >= 4 is 11.9 Å².